The molecule has 0 bridgehead atoms. The van der Waals surface area contributed by atoms with Crippen molar-refractivity contribution >= 4 is 23.6 Å². The monoisotopic (exact) mass is 334 g/mol. The molecule has 6 nitrogen and oxygen atoms in total. The van der Waals surface area contributed by atoms with Crippen LogP contribution in [-0.2, 0) is 22.6 Å². The van der Waals surface area contributed by atoms with Crippen LogP contribution in [0.5, 0.6) is 0 Å². The summed E-state index contributed by atoms with van der Waals surface area (Å²) in [5, 5.41) is 0. The summed E-state index contributed by atoms with van der Waals surface area (Å²) in [6.45, 7) is 0.400. The van der Waals surface area contributed by atoms with E-state index in [0.717, 1.165) is 11.3 Å². The first-order chi connectivity index (χ1) is 11.1. The molecule has 1 aliphatic heterocycles. The van der Waals surface area contributed by atoms with Gasteiger partial charge in [0.15, 0.2) is 0 Å². The van der Waals surface area contributed by atoms with Crippen LogP contribution < -0.4 is 0 Å². The highest BCUT2D eigenvalue weighted by Crippen LogP contribution is 2.24. The summed E-state index contributed by atoms with van der Waals surface area (Å²) < 4.78 is 10.3. The third-order valence-corrected chi connectivity index (χ3v) is 4.78. The SMILES string of the molecule is CN(Cc1ccco1)C(=O)C1CSCN1C(=O)Cc1ccoc1. The number of thioether (sulfide) groups is 1. The van der Waals surface area contributed by atoms with E-state index in [1.807, 2.05) is 6.07 Å². The van der Waals surface area contributed by atoms with Crippen LogP contribution in [0.4, 0.5) is 0 Å². The first kappa shape index (κ1) is 15.7. The second kappa shape index (κ2) is 6.95. The van der Waals surface area contributed by atoms with Crippen LogP contribution >= 0.6 is 11.8 Å². The summed E-state index contributed by atoms with van der Waals surface area (Å²) in [5.41, 5.74) is 0.821. The van der Waals surface area contributed by atoms with Gasteiger partial charge in [-0.05, 0) is 23.8 Å². The Morgan fingerprint density at radius 1 is 1.39 bits per heavy atom. The molecule has 2 amide bonds. The molecule has 2 aromatic heterocycles. The van der Waals surface area contributed by atoms with E-state index in [2.05, 4.69) is 0 Å². The molecular formula is C16H18N2O4S. The number of nitrogens with zero attached hydrogens (tertiary/aromatic N) is 2. The summed E-state index contributed by atoms with van der Waals surface area (Å²) in [6.07, 6.45) is 4.94. The molecule has 1 saturated heterocycles. The third kappa shape index (κ3) is 3.61. The molecule has 0 aliphatic carbocycles. The number of amides is 2. The van der Waals surface area contributed by atoms with Crippen LogP contribution in [0.2, 0.25) is 0 Å². The molecule has 0 saturated carbocycles. The zero-order valence-corrected chi connectivity index (χ0v) is 13.6. The van der Waals surface area contributed by atoms with E-state index in [1.165, 1.54) is 0 Å². The number of carbonyl (C=O) groups is 2. The van der Waals surface area contributed by atoms with Crippen molar-refractivity contribution in [3.05, 3.63) is 48.3 Å². The van der Waals surface area contributed by atoms with Gasteiger partial charge < -0.3 is 18.6 Å². The van der Waals surface area contributed by atoms with E-state index in [-0.39, 0.29) is 18.2 Å². The average Bonchev–Trinajstić information content (AvgIpc) is 3.28. The van der Waals surface area contributed by atoms with Gasteiger partial charge in [0, 0.05) is 12.8 Å². The van der Waals surface area contributed by atoms with Crippen LogP contribution in [-0.4, -0.2) is 46.3 Å². The summed E-state index contributed by atoms with van der Waals surface area (Å²) in [6, 6.07) is 4.97. The van der Waals surface area contributed by atoms with Crippen molar-refractivity contribution in [2.45, 2.75) is 19.0 Å². The molecule has 0 aromatic carbocycles. The van der Waals surface area contributed by atoms with Gasteiger partial charge >= 0.3 is 0 Å². The maximum absolute atomic E-state index is 12.6. The van der Waals surface area contributed by atoms with Gasteiger partial charge in [0.1, 0.15) is 11.8 Å². The minimum Gasteiger partial charge on any atom is -0.472 e. The predicted octanol–water partition coefficient (Wildman–Crippen LogP) is 1.98. The number of carbonyl (C=O) groups excluding carboxylic acids is 2. The molecule has 1 unspecified atom stereocenters. The molecule has 1 fully saturated rings. The highest BCUT2D eigenvalue weighted by molar-refractivity contribution is 7.99. The Hall–Kier alpha value is -2.15. The molecule has 1 aliphatic rings. The fourth-order valence-electron chi connectivity index (χ4n) is 2.53. The highest BCUT2D eigenvalue weighted by Gasteiger charge is 2.36. The highest BCUT2D eigenvalue weighted by atomic mass is 32.2. The van der Waals surface area contributed by atoms with Gasteiger partial charge in [-0.1, -0.05) is 0 Å². The maximum atomic E-state index is 12.6. The molecule has 2 aromatic rings. The molecule has 1 atom stereocenters. The fourth-order valence-corrected chi connectivity index (χ4v) is 3.70. The summed E-state index contributed by atoms with van der Waals surface area (Å²) in [5.74, 6) is 1.77. The number of likely N-dealkylation sites (N-methyl/N-ethyl adjacent to an activating group) is 1. The van der Waals surface area contributed by atoms with Crippen molar-refractivity contribution in [2.75, 3.05) is 18.7 Å². The molecule has 23 heavy (non-hydrogen) atoms. The number of rotatable bonds is 5. The average molecular weight is 334 g/mol. The lowest BCUT2D eigenvalue weighted by Crippen LogP contribution is -2.48. The first-order valence-corrected chi connectivity index (χ1v) is 8.46. The maximum Gasteiger partial charge on any atom is 0.246 e. The standard InChI is InChI=1S/C16H18N2O4S/c1-17(8-13-3-2-5-22-13)16(20)14-10-23-11-18(14)15(19)7-12-4-6-21-9-12/h2-6,9,14H,7-8,10-11H2,1H3. The van der Waals surface area contributed by atoms with Gasteiger partial charge in [-0.25, -0.2) is 0 Å². The lowest BCUT2D eigenvalue weighted by Gasteiger charge is -2.27. The van der Waals surface area contributed by atoms with E-state index in [0.29, 0.717) is 18.2 Å². The smallest absolute Gasteiger partial charge is 0.246 e. The lowest BCUT2D eigenvalue weighted by atomic mass is 10.2. The van der Waals surface area contributed by atoms with Gasteiger partial charge in [-0.15, -0.1) is 11.8 Å². The summed E-state index contributed by atoms with van der Waals surface area (Å²) >= 11 is 1.60. The van der Waals surface area contributed by atoms with E-state index < -0.39 is 6.04 Å². The molecule has 0 radical (unpaired) electrons. The normalized spacial score (nSPS) is 17.4. The molecule has 0 spiro atoms. The van der Waals surface area contributed by atoms with E-state index in [9.17, 15) is 9.59 Å². The Kier molecular flexibility index (Phi) is 4.76. The van der Waals surface area contributed by atoms with Crippen molar-refractivity contribution < 1.29 is 18.4 Å². The third-order valence-electron chi connectivity index (χ3n) is 3.77. The minimum atomic E-state index is -0.417. The van der Waals surface area contributed by atoms with Crippen molar-refractivity contribution in [1.29, 1.82) is 0 Å². The second-order valence-electron chi connectivity index (χ2n) is 5.46. The number of hydrogen-bond donors (Lipinski definition) is 0. The Labute approximate surface area is 138 Å². The summed E-state index contributed by atoms with van der Waals surface area (Å²) in [4.78, 5) is 28.4. The second-order valence-corrected chi connectivity index (χ2v) is 6.46. The van der Waals surface area contributed by atoms with Crippen molar-refractivity contribution in [3.63, 3.8) is 0 Å². The van der Waals surface area contributed by atoms with Crippen LogP contribution in [0.25, 0.3) is 0 Å². The number of hydrogen-bond acceptors (Lipinski definition) is 5. The molecule has 122 valence electrons. The lowest BCUT2D eigenvalue weighted by molar-refractivity contribution is -0.142. The first-order valence-electron chi connectivity index (χ1n) is 7.31. The molecule has 3 rings (SSSR count). The van der Waals surface area contributed by atoms with Crippen LogP contribution in [0, 0.1) is 0 Å². The van der Waals surface area contributed by atoms with Crippen molar-refractivity contribution in [3.8, 4) is 0 Å². The molecule has 7 heteroatoms. The molecular weight excluding hydrogens is 316 g/mol. The van der Waals surface area contributed by atoms with E-state index >= 15 is 0 Å². The van der Waals surface area contributed by atoms with Gasteiger partial charge in [0.25, 0.3) is 0 Å². The summed E-state index contributed by atoms with van der Waals surface area (Å²) in [7, 11) is 1.73. The molecule has 0 N–H and O–H groups in total. The van der Waals surface area contributed by atoms with E-state index in [1.54, 1.807) is 59.5 Å². The Balaban J connectivity index is 1.63. The fraction of sp³-hybridized carbons (Fsp3) is 0.375. The van der Waals surface area contributed by atoms with Crippen LogP contribution in [0.15, 0.2) is 45.8 Å². The zero-order valence-electron chi connectivity index (χ0n) is 12.8. The predicted molar refractivity (Wildman–Crippen MR) is 85.6 cm³/mol. The van der Waals surface area contributed by atoms with Gasteiger partial charge in [0.05, 0.1) is 37.6 Å². The zero-order chi connectivity index (χ0) is 16.2. The van der Waals surface area contributed by atoms with Crippen LogP contribution in [0.3, 0.4) is 0 Å². The van der Waals surface area contributed by atoms with Crippen LogP contribution in [0.1, 0.15) is 11.3 Å². The van der Waals surface area contributed by atoms with Gasteiger partial charge in [-0.2, -0.15) is 0 Å². The minimum absolute atomic E-state index is 0.0545. The quantitative estimate of drug-likeness (QED) is 0.836. The Morgan fingerprint density at radius 2 is 2.26 bits per heavy atom. The number of furan rings is 2. The van der Waals surface area contributed by atoms with Crippen molar-refractivity contribution in [2.24, 2.45) is 0 Å². The van der Waals surface area contributed by atoms with Gasteiger partial charge in [0.2, 0.25) is 11.8 Å². The largest absolute Gasteiger partial charge is 0.472 e. The Morgan fingerprint density at radius 3 is 2.96 bits per heavy atom. The molecule has 3 heterocycles. The van der Waals surface area contributed by atoms with Gasteiger partial charge in [-0.3, -0.25) is 9.59 Å². The van der Waals surface area contributed by atoms with Crippen molar-refractivity contribution in [1.82, 2.24) is 9.80 Å². The topological polar surface area (TPSA) is 66.9 Å². The Bertz CT molecular complexity index is 654. The van der Waals surface area contributed by atoms with E-state index in [4.69, 9.17) is 8.83 Å².